The number of benzene rings is 1. The molecule has 0 radical (unpaired) electrons. The number of rotatable bonds is 2. The van der Waals surface area contributed by atoms with Gasteiger partial charge in [0.25, 0.3) is 0 Å². The van der Waals surface area contributed by atoms with Crippen LogP contribution in [0.15, 0.2) is 60.8 Å². The maximum atomic E-state index is 12.1. The lowest BCUT2D eigenvalue weighted by Gasteiger charge is -2.24. The minimum atomic E-state index is -0.479. The first-order chi connectivity index (χ1) is 9.52. The van der Waals surface area contributed by atoms with E-state index in [1.165, 1.54) is 6.92 Å². The van der Waals surface area contributed by atoms with E-state index in [9.17, 15) is 4.79 Å². The number of allylic oxidation sites excluding steroid dienone is 3. The van der Waals surface area contributed by atoms with Gasteiger partial charge < -0.3 is 0 Å². The first-order valence-electron chi connectivity index (χ1n) is 6.19. The van der Waals surface area contributed by atoms with Crippen LogP contribution in [0.1, 0.15) is 17.9 Å². The summed E-state index contributed by atoms with van der Waals surface area (Å²) in [5, 5.41) is -0.923. The Kier molecular flexibility index (Phi) is 4.36. The predicted octanol–water partition coefficient (Wildman–Crippen LogP) is 4.57. The van der Waals surface area contributed by atoms with Crippen molar-refractivity contribution in [3.63, 3.8) is 0 Å². The molecule has 104 valence electrons. The van der Waals surface area contributed by atoms with Crippen LogP contribution >= 0.6 is 23.2 Å². The molecule has 0 bridgehead atoms. The molecule has 1 heterocycles. The number of amides is 1. The first kappa shape index (κ1) is 14.9. The van der Waals surface area contributed by atoms with Gasteiger partial charge in [-0.1, -0.05) is 37.4 Å². The fraction of sp³-hybridized carbons (Fsp3) is 0.188. The van der Waals surface area contributed by atoms with Gasteiger partial charge in [-0.3, -0.25) is 9.69 Å². The standard InChI is InChI=1S/C16H15Cl2NO/c1-4-11-13(5-2)19(10(3)20)14-9-7-6-8-12(14)16(18)15(11)17/h4-9,15-16H,1-2H2,3H3. The van der Waals surface area contributed by atoms with Crippen LogP contribution in [0.5, 0.6) is 0 Å². The molecule has 1 aliphatic rings. The maximum Gasteiger partial charge on any atom is 0.228 e. The summed E-state index contributed by atoms with van der Waals surface area (Å²) in [4.78, 5) is 13.7. The zero-order valence-corrected chi connectivity index (χ0v) is 12.7. The lowest BCUT2D eigenvalue weighted by molar-refractivity contribution is -0.116. The highest BCUT2D eigenvalue weighted by Crippen LogP contribution is 2.43. The van der Waals surface area contributed by atoms with Crippen molar-refractivity contribution in [2.75, 3.05) is 4.90 Å². The van der Waals surface area contributed by atoms with E-state index in [2.05, 4.69) is 13.2 Å². The van der Waals surface area contributed by atoms with Crippen LogP contribution in [0.3, 0.4) is 0 Å². The number of alkyl halides is 2. The third-order valence-electron chi connectivity index (χ3n) is 3.29. The van der Waals surface area contributed by atoms with E-state index >= 15 is 0 Å². The molecule has 1 aromatic rings. The van der Waals surface area contributed by atoms with Crippen molar-refractivity contribution in [3.8, 4) is 0 Å². The summed E-state index contributed by atoms with van der Waals surface area (Å²) in [7, 11) is 0. The van der Waals surface area contributed by atoms with Gasteiger partial charge in [0.05, 0.1) is 22.1 Å². The molecule has 1 aliphatic heterocycles. The van der Waals surface area contributed by atoms with E-state index in [1.807, 2.05) is 24.3 Å². The Morgan fingerprint density at radius 2 is 1.85 bits per heavy atom. The smallest absolute Gasteiger partial charge is 0.228 e. The third-order valence-corrected chi connectivity index (χ3v) is 4.40. The average Bonchev–Trinajstić information content (AvgIpc) is 2.53. The highest BCUT2D eigenvalue weighted by Gasteiger charge is 2.33. The second kappa shape index (κ2) is 5.86. The normalized spacial score (nSPS) is 22.1. The highest BCUT2D eigenvalue weighted by atomic mass is 35.5. The Hall–Kier alpha value is -1.51. The SMILES string of the molecule is C=CC1=C(C=C)N(C(C)=O)c2ccccc2C(Cl)C1Cl. The molecule has 20 heavy (non-hydrogen) atoms. The van der Waals surface area contributed by atoms with Crippen LogP contribution in [0.4, 0.5) is 5.69 Å². The van der Waals surface area contributed by atoms with E-state index in [0.29, 0.717) is 11.3 Å². The van der Waals surface area contributed by atoms with Gasteiger partial charge in [0, 0.05) is 6.92 Å². The second-order valence-corrected chi connectivity index (χ2v) is 5.41. The Bertz CT molecular complexity index is 606. The third kappa shape index (κ3) is 2.30. The zero-order chi connectivity index (χ0) is 14.9. The number of halogens is 2. The lowest BCUT2D eigenvalue weighted by atomic mass is 10.0. The number of anilines is 1. The van der Waals surface area contributed by atoms with Crippen LogP contribution in [0.2, 0.25) is 0 Å². The fourth-order valence-electron chi connectivity index (χ4n) is 2.41. The Morgan fingerprint density at radius 1 is 1.20 bits per heavy atom. The van der Waals surface area contributed by atoms with E-state index < -0.39 is 10.8 Å². The molecule has 0 aliphatic carbocycles. The van der Waals surface area contributed by atoms with Crippen molar-refractivity contribution in [1.82, 2.24) is 0 Å². The van der Waals surface area contributed by atoms with E-state index in [-0.39, 0.29) is 5.91 Å². The fourth-order valence-corrected chi connectivity index (χ4v) is 3.06. The summed E-state index contributed by atoms with van der Waals surface area (Å²) in [5.41, 5.74) is 2.88. The number of carbonyl (C=O) groups is 1. The molecule has 2 rings (SSSR count). The highest BCUT2D eigenvalue weighted by molar-refractivity contribution is 6.32. The van der Waals surface area contributed by atoms with Crippen LogP contribution in [-0.2, 0) is 4.79 Å². The predicted molar refractivity (Wildman–Crippen MR) is 85.3 cm³/mol. The Morgan fingerprint density at radius 3 is 2.40 bits per heavy atom. The molecule has 1 aromatic carbocycles. The summed E-state index contributed by atoms with van der Waals surface area (Å²) < 4.78 is 0. The zero-order valence-electron chi connectivity index (χ0n) is 11.1. The minimum absolute atomic E-state index is 0.124. The summed E-state index contributed by atoms with van der Waals surface area (Å²) in [5.74, 6) is -0.124. The first-order valence-corrected chi connectivity index (χ1v) is 7.07. The van der Waals surface area contributed by atoms with Gasteiger partial charge in [0.15, 0.2) is 0 Å². The van der Waals surface area contributed by atoms with Gasteiger partial charge in [-0.05, 0) is 23.3 Å². The molecule has 0 aromatic heterocycles. The van der Waals surface area contributed by atoms with Crippen molar-refractivity contribution < 1.29 is 4.79 Å². The van der Waals surface area contributed by atoms with Gasteiger partial charge in [0.2, 0.25) is 5.91 Å². The Balaban J connectivity index is 2.81. The van der Waals surface area contributed by atoms with Gasteiger partial charge in [-0.25, -0.2) is 0 Å². The number of para-hydroxylation sites is 1. The maximum absolute atomic E-state index is 12.1. The largest absolute Gasteiger partial charge is 0.281 e. The molecule has 0 fully saturated rings. The minimum Gasteiger partial charge on any atom is -0.281 e. The van der Waals surface area contributed by atoms with Gasteiger partial charge in [-0.15, -0.1) is 23.2 Å². The molecule has 0 saturated carbocycles. The number of fused-ring (bicyclic) bond motifs is 1. The van der Waals surface area contributed by atoms with Crippen molar-refractivity contribution in [2.45, 2.75) is 17.7 Å². The number of nitrogens with zero attached hydrogens (tertiary/aromatic N) is 1. The second-order valence-electron chi connectivity index (χ2n) is 4.47. The Labute approximate surface area is 129 Å². The van der Waals surface area contributed by atoms with Crippen LogP contribution in [0.25, 0.3) is 0 Å². The van der Waals surface area contributed by atoms with Crippen LogP contribution in [-0.4, -0.2) is 11.3 Å². The van der Waals surface area contributed by atoms with E-state index in [0.717, 1.165) is 11.3 Å². The van der Waals surface area contributed by atoms with Crippen molar-refractivity contribution in [3.05, 3.63) is 66.4 Å². The van der Waals surface area contributed by atoms with Crippen molar-refractivity contribution >= 4 is 34.8 Å². The molecule has 2 nitrogen and oxygen atoms in total. The number of hydrogen-bond acceptors (Lipinski definition) is 1. The summed E-state index contributed by atoms with van der Waals surface area (Å²) >= 11 is 12.9. The van der Waals surface area contributed by atoms with Crippen molar-refractivity contribution in [2.24, 2.45) is 0 Å². The summed E-state index contributed by atoms with van der Waals surface area (Å²) in [6, 6.07) is 7.47. The van der Waals surface area contributed by atoms with Gasteiger partial charge in [-0.2, -0.15) is 0 Å². The molecule has 0 saturated heterocycles. The summed E-state index contributed by atoms with van der Waals surface area (Å²) in [6.07, 6.45) is 3.24. The molecule has 0 spiro atoms. The average molecular weight is 308 g/mol. The lowest BCUT2D eigenvalue weighted by Crippen LogP contribution is -2.28. The van der Waals surface area contributed by atoms with E-state index in [4.69, 9.17) is 23.2 Å². The van der Waals surface area contributed by atoms with Crippen molar-refractivity contribution in [1.29, 1.82) is 0 Å². The quantitative estimate of drug-likeness (QED) is 0.733. The van der Waals surface area contributed by atoms with Crippen LogP contribution in [0, 0.1) is 0 Å². The molecule has 0 N–H and O–H groups in total. The molecule has 1 amide bonds. The van der Waals surface area contributed by atoms with Gasteiger partial charge >= 0.3 is 0 Å². The molecule has 4 heteroatoms. The topological polar surface area (TPSA) is 20.3 Å². The summed E-state index contributed by atoms with van der Waals surface area (Å²) in [6.45, 7) is 9.07. The van der Waals surface area contributed by atoms with Crippen LogP contribution < -0.4 is 4.90 Å². The number of carbonyl (C=O) groups excluding carboxylic acids is 1. The van der Waals surface area contributed by atoms with Gasteiger partial charge in [0.1, 0.15) is 0 Å². The number of hydrogen-bond donors (Lipinski definition) is 0. The monoisotopic (exact) mass is 307 g/mol. The molecule has 2 atom stereocenters. The molecular formula is C16H15Cl2NO. The molecular weight excluding hydrogens is 293 g/mol. The molecule has 2 unspecified atom stereocenters. The van der Waals surface area contributed by atoms with E-state index in [1.54, 1.807) is 17.1 Å².